The summed E-state index contributed by atoms with van der Waals surface area (Å²) < 4.78 is 37.5. The highest BCUT2D eigenvalue weighted by Gasteiger charge is 2.26. The van der Waals surface area contributed by atoms with Gasteiger partial charge in [-0.1, -0.05) is 42.5 Å². The lowest BCUT2D eigenvalue weighted by Crippen LogP contribution is -2.10. The molecule has 0 saturated heterocycles. The maximum absolute atomic E-state index is 13.2. The van der Waals surface area contributed by atoms with Gasteiger partial charge < -0.3 is 9.05 Å². The zero-order valence-electron chi connectivity index (χ0n) is 14.6. The molecule has 0 N–H and O–H groups in total. The summed E-state index contributed by atoms with van der Waals surface area (Å²) in [6, 6.07) is 18.2. The molecule has 25 heavy (non-hydrogen) atoms. The van der Waals surface area contributed by atoms with Crippen molar-refractivity contribution in [3.8, 4) is 0 Å². The predicted octanol–water partition coefficient (Wildman–Crippen LogP) is 4.78. The maximum atomic E-state index is 13.2. The van der Waals surface area contributed by atoms with E-state index in [1.165, 1.54) is 0 Å². The summed E-state index contributed by atoms with van der Waals surface area (Å²) in [4.78, 5) is 0. The van der Waals surface area contributed by atoms with Crippen molar-refractivity contribution in [3.63, 3.8) is 0 Å². The molecule has 0 bridgehead atoms. The molecule has 0 heterocycles. The summed E-state index contributed by atoms with van der Waals surface area (Å²) in [6.07, 6.45) is 1.83. The van der Waals surface area contributed by atoms with Gasteiger partial charge in [0.15, 0.2) is 0 Å². The Balaban J connectivity index is 2.26. The Kier molecular flexibility index (Phi) is 7.40. The second-order valence-corrected chi connectivity index (χ2v) is 10.1. The molecule has 0 aromatic heterocycles. The third kappa shape index (κ3) is 5.26. The lowest BCUT2D eigenvalue weighted by Gasteiger charge is -2.17. The van der Waals surface area contributed by atoms with E-state index in [9.17, 15) is 9.13 Å². The van der Waals surface area contributed by atoms with E-state index in [1.807, 2.05) is 43.3 Å². The Morgan fingerprint density at radius 1 is 0.800 bits per heavy atom. The molecule has 0 aliphatic heterocycles. The van der Waals surface area contributed by atoms with Gasteiger partial charge in [0.1, 0.15) is 0 Å². The van der Waals surface area contributed by atoms with Crippen molar-refractivity contribution in [3.05, 3.63) is 72.6 Å². The number of benzene rings is 2. The van der Waals surface area contributed by atoms with Crippen molar-refractivity contribution >= 4 is 25.3 Å². The summed E-state index contributed by atoms with van der Waals surface area (Å²) in [6.45, 7) is 4.30. The van der Waals surface area contributed by atoms with Gasteiger partial charge in [0.2, 0.25) is 7.37 Å². The molecule has 0 radical (unpaired) electrons. The normalized spacial score (nSPS) is 16.4. The molecular weight excluding hydrogens is 354 g/mol. The van der Waals surface area contributed by atoms with Crippen LogP contribution in [-0.2, 0) is 18.2 Å². The number of rotatable bonds is 9. The van der Waals surface area contributed by atoms with E-state index in [2.05, 4.69) is 0 Å². The van der Waals surface area contributed by atoms with E-state index in [0.717, 1.165) is 0 Å². The van der Waals surface area contributed by atoms with Crippen LogP contribution in [0.15, 0.2) is 72.6 Å². The summed E-state index contributed by atoms with van der Waals surface area (Å²) in [5, 5.41) is 1.28. The lowest BCUT2D eigenvalue weighted by atomic mass is 10.4. The minimum absolute atomic E-state index is 0.175. The average molecular weight is 378 g/mol. The summed E-state index contributed by atoms with van der Waals surface area (Å²) in [5.41, 5.74) is 0. The first kappa shape index (κ1) is 19.9. The number of hydrogen-bond donors (Lipinski definition) is 0. The monoisotopic (exact) mass is 378 g/mol. The second kappa shape index (κ2) is 9.31. The molecule has 2 unspecified atom stereocenters. The van der Waals surface area contributed by atoms with E-state index >= 15 is 0 Å². The molecule has 2 aromatic rings. The van der Waals surface area contributed by atoms with E-state index in [4.69, 9.17) is 9.05 Å². The minimum atomic E-state index is -3.13. The van der Waals surface area contributed by atoms with Gasteiger partial charge >= 0.3 is 0 Å². The highest BCUT2D eigenvalue weighted by molar-refractivity contribution is 7.70. The highest BCUT2D eigenvalue weighted by atomic mass is 31.2. The number of hydrogen-bond acceptors (Lipinski definition) is 4. The third-order valence-electron chi connectivity index (χ3n) is 3.57. The van der Waals surface area contributed by atoms with E-state index in [0.29, 0.717) is 23.8 Å². The fourth-order valence-corrected chi connectivity index (χ4v) is 6.27. The van der Waals surface area contributed by atoms with Crippen molar-refractivity contribution in [2.24, 2.45) is 0 Å². The van der Waals surface area contributed by atoms with Crippen molar-refractivity contribution in [1.29, 1.82) is 0 Å². The van der Waals surface area contributed by atoms with Crippen molar-refractivity contribution in [1.82, 2.24) is 0 Å². The summed E-state index contributed by atoms with van der Waals surface area (Å²) in [5.74, 6) is 1.54. The molecule has 134 valence electrons. The van der Waals surface area contributed by atoms with Crippen LogP contribution in [-0.4, -0.2) is 19.4 Å². The van der Waals surface area contributed by atoms with Gasteiger partial charge in [-0.2, -0.15) is 0 Å². The van der Waals surface area contributed by atoms with Crippen LogP contribution in [0.25, 0.3) is 0 Å². The van der Waals surface area contributed by atoms with Crippen LogP contribution in [0.5, 0.6) is 0 Å². The first-order valence-corrected chi connectivity index (χ1v) is 11.8. The molecule has 2 atom stereocenters. The van der Waals surface area contributed by atoms with Crippen LogP contribution in [0, 0.1) is 0 Å². The zero-order chi connectivity index (χ0) is 18.2. The van der Waals surface area contributed by atoms with Crippen molar-refractivity contribution in [2.45, 2.75) is 13.8 Å². The molecule has 4 nitrogen and oxygen atoms in total. The molecule has 0 aliphatic carbocycles. The van der Waals surface area contributed by atoms with Crippen LogP contribution in [0.2, 0.25) is 0 Å². The van der Waals surface area contributed by atoms with Crippen LogP contribution in [0.1, 0.15) is 13.8 Å². The summed E-state index contributed by atoms with van der Waals surface area (Å²) in [7, 11) is -6.16. The van der Waals surface area contributed by atoms with Gasteiger partial charge in [0, 0.05) is 22.6 Å². The van der Waals surface area contributed by atoms with Crippen molar-refractivity contribution < 1.29 is 18.2 Å². The van der Waals surface area contributed by atoms with Gasteiger partial charge in [-0.3, -0.25) is 9.13 Å². The van der Waals surface area contributed by atoms with Gasteiger partial charge in [0.25, 0.3) is 7.37 Å². The topological polar surface area (TPSA) is 52.6 Å². The first-order chi connectivity index (χ1) is 12.0. The predicted molar refractivity (Wildman–Crippen MR) is 105 cm³/mol. The Morgan fingerprint density at radius 3 is 1.84 bits per heavy atom. The Morgan fingerprint density at radius 2 is 1.32 bits per heavy atom. The molecule has 2 aromatic carbocycles. The fraction of sp³-hybridized carbons (Fsp3) is 0.263. The maximum Gasteiger partial charge on any atom is 0.253 e. The van der Waals surface area contributed by atoms with Crippen molar-refractivity contribution in [2.75, 3.05) is 19.4 Å². The Labute approximate surface area is 149 Å². The Bertz CT molecular complexity index is 773. The molecule has 2 rings (SSSR count). The fourth-order valence-electron chi connectivity index (χ4n) is 2.45. The summed E-state index contributed by atoms with van der Waals surface area (Å²) >= 11 is 0. The van der Waals surface area contributed by atoms with Crippen LogP contribution >= 0.6 is 14.7 Å². The molecular formula is C19H24O4P2. The molecule has 0 fully saturated rings. The standard InChI is InChI=1S/C19H24O4P2/c1-3-22-24(20,18-12-7-5-8-13-18)16-11-17-25(21,23-4-2)19-14-9-6-10-15-19/h5-16H,3-4,17H2,1-2H3/b16-11+. The second-order valence-electron chi connectivity index (χ2n) is 5.34. The largest absolute Gasteiger partial charge is 0.325 e. The Hall–Kier alpha value is -1.44. The SMILES string of the molecule is CCOP(=O)(/C=C/CP(=O)(OCC)c1ccccc1)c1ccccc1. The average Bonchev–Trinajstić information content (AvgIpc) is 2.64. The van der Waals surface area contributed by atoms with E-state index < -0.39 is 14.7 Å². The quantitative estimate of drug-likeness (QED) is 0.589. The number of allylic oxidation sites excluding steroid dienone is 1. The lowest BCUT2D eigenvalue weighted by molar-refractivity contribution is 0.342. The molecule has 0 amide bonds. The zero-order valence-corrected chi connectivity index (χ0v) is 16.4. The van der Waals surface area contributed by atoms with E-state index in [-0.39, 0.29) is 6.16 Å². The van der Waals surface area contributed by atoms with Crippen LogP contribution < -0.4 is 10.6 Å². The minimum Gasteiger partial charge on any atom is -0.325 e. The molecule has 6 heteroatoms. The van der Waals surface area contributed by atoms with E-state index in [1.54, 1.807) is 43.1 Å². The third-order valence-corrected chi connectivity index (χ3v) is 8.29. The first-order valence-electron chi connectivity index (χ1n) is 8.31. The smallest absolute Gasteiger partial charge is 0.253 e. The van der Waals surface area contributed by atoms with Gasteiger partial charge in [-0.05, 0) is 38.1 Å². The van der Waals surface area contributed by atoms with Gasteiger partial charge in [-0.15, -0.1) is 0 Å². The molecule has 0 aliphatic rings. The van der Waals surface area contributed by atoms with Gasteiger partial charge in [-0.25, -0.2) is 0 Å². The molecule has 0 saturated carbocycles. The van der Waals surface area contributed by atoms with Crippen LogP contribution in [0.3, 0.4) is 0 Å². The van der Waals surface area contributed by atoms with Crippen LogP contribution in [0.4, 0.5) is 0 Å². The molecule has 0 spiro atoms. The highest BCUT2D eigenvalue weighted by Crippen LogP contribution is 2.50. The van der Waals surface area contributed by atoms with Gasteiger partial charge in [0.05, 0.1) is 13.2 Å².